The minimum Gasteiger partial charge on any atom is -0.491 e. The molecule has 0 saturated carbocycles. The number of hydrogen-bond donors (Lipinski definition) is 1. The lowest BCUT2D eigenvalue weighted by Crippen LogP contribution is -2.45. The van der Waals surface area contributed by atoms with Gasteiger partial charge in [-0.3, -0.25) is 4.79 Å². The van der Waals surface area contributed by atoms with Gasteiger partial charge in [0.05, 0.1) is 17.3 Å². The first-order chi connectivity index (χ1) is 15.9. The van der Waals surface area contributed by atoms with Crippen LogP contribution in [0.2, 0.25) is 0 Å². The monoisotopic (exact) mass is 445 g/mol. The Hall–Kier alpha value is -3.45. The van der Waals surface area contributed by atoms with Crippen LogP contribution in [-0.4, -0.2) is 60.1 Å². The van der Waals surface area contributed by atoms with Gasteiger partial charge in [0.25, 0.3) is 0 Å². The highest BCUT2D eigenvalue weighted by atomic mass is 16.5. The fraction of sp³-hybridized carbons (Fsp3) is 0.346. The quantitative estimate of drug-likeness (QED) is 0.576. The number of aromatic nitrogens is 2. The molecule has 7 nitrogen and oxygen atoms in total. The molecule has 1 amide bonds. The molecule has 2 aromatic carbocycles. The molecule has 1 aromatic heterocycles. The summed E-state index contributed by atoms with van der Waals surface area (Å²) in [6, 6.07) is 13.4. The van der Waals surface area contributed by atoms with Crippen molar-refractivity contribution in [2.24, 2.45) is 0 Å². The van der Waals surface area contributed by atoms with E-state index in [1.807, 2.05) is 63.2 Å². The van der Waals surface area contributed by atoms with Gasteiger partial charge in [0.2, 0.25) is 11.9 Å². The highest BCUT2D eigenvalue weighted by molar-refractivity contribution is 6.03. The first-order valence-corrected chi connectivity index (χ1v) is 11.3. The van der Waals surface area contributed by atoms with Gasteiger partial charge in [-0.25, -0.2) is 9.97 Å². The molecule has 0 atom stereocenters. The van der Waals surface area contributed by atoms with Crippen LogP contribution in [0.5, 0.6) is 5.75 Å². The van der Waals surface area contributed by atoms with Crippen molar-refractivity contribution in [2.75, 3.05) is 43.4 Å². The molecule has 0 spiro atoms. The normalized spacial score (nSPS) is 14.9. The van der Waals surface area contributed by atoms with E-state index in [0.29, 0.717) is 0 Å². The van der Waals surface area contributed by atoms with Crippen LogP contribution < -0.4 is 15.0 Å². The molecule has 0 aliphatic carbocycles. The molecular formula is C26H31N5O2. The van der Waals surface area contributed by atoms with E-state index < -0.39 is 0 Å². The lowest BCUT2D eigenvalue weighted by atomic mass is 10.1. The van der Waals surface area contributed by atoms with Crippen molar-refractivity contribution in [1.82, 2.24) is 14.9 Å². The Bertz CT molecular complexity index is 1150. The Kier molecular flexibility index (Phi) is 6.89. The second-order valence-corrected chi connectivity index (χ2v) is 8.69. The summed E-state index contributed by atoms with van der Waals surface area (Å²) in [5.41, 5.74) is 3.44. The molecule has 0 unspecified atom stereocenters. The number of anilines is 2. The number of nitrogens with zero attached hydrogens (tertiary/aromatic N) is 4. The number of carbonyl (C=O) groups is 1. The zero-order chi connectivity index (χ0) is 23.4. The first kappa shape index (κ1) is 22.7. The van der Waals surface area contributed by atoms with E-state index in [9.17, 15) is 4.79 Å². The van der Waals surface area contributed by atoms with Crippen LogP contribution in [0.15, 0.2) is 48.5 Å². The first-order valence-electron chi connectivity index (χ1n) is 11.3. The second kappa shape index (κ2) is 10.0. The third kappa shape index (κ3) is 5.87. The summed E-state index contributed by atoms with van der Waals surface area (Å²) in [5.74, 6) is 1.40. The number of aryl methyl sites for hydroxylation is 1. The Labute approximate surface area is 195 Å². The molecule has 2 heterocycles. The third-order valence-electron chi connectivity index (χ3n) is 5.61. The van der Waals surface area contributed by atoms with Crippen molar-refractivity contribution in [3.63, 3.8) is 0 Å². The van der Waals surface area contributed by atoms with Crippen molar-refractivity contribution in [3.8, 4) is 5.75 Å². The molecule has 4 rings (SSSR count). The number of nitrogens with one attached hydrogen (secondary N) is 1. The summed E-state index contributed by atoms with van der Waals surface area (Å²) in [4.78, 5) is 26.5. The molecule has 172 valence electrons. The maximum Gasteiger partial charge on any atom is 0.248 e. The van der Waals surface area contributed by atoms with Crippen molar-refractivity contribution in [2.45, 2.75) is 26.9 Å². The Balaban J connectivity index is 1.43. The molecule has 1 aliphatic rings. The standard InChI is InChI=1S/C26H31N5O2/c1-18(2)33-22-9-5-20(6-10-22)7-12-25(32)28-21-8-11-24-23(17-21)19(3)27-26(29-24)31-15-13-30(4)14-16-31/h5-12,17-18H,13-16H2,1-4H3,(H,28,32). The average Bonchev–Trinajstić information content (AvgIpc) is 2.79. The zero-order valence-electron chi connectivity index (χ0n) is 19.7. The predicted molar refractivity (Wildman–Crippen MR) is 134 cm³/mol. The fourth-order valence-electron chi connectivity index (χ4n) is 3.78. The van der Waals surface area contributed by atoms with E-state index in [1.165, 1.54) is 6.08 Å². The van der Waals surface area contributed by atoms with Crippen LogP contribution in [0.4, 0.5) is 11.6 Å². The molecule has 1 N–H and O–H groups in total. The molecule has 0 bridgehead atoms. The van der Waals surface area contributed by atoms with E-state index in [-0.39, 0.29) is 12.0 Å². The molecule has 1 saturated heterocycles. The Morgan fingerprint density at radius 3 is 2.48 bits per heavy atom. The minimum atomic E-state index is -0.190. The summed E-state index contributed by atoms with van der Waals surface area (Å²) in [6.45, 7) is 9.84. The van der Waals surface area contributed by atoms with Gasteiger partial charge in [-0.1, -0.05) is 12.1 Å². The number of piperazine rings is 1. The van der Waals surface area contributed by atoms with Gasteiger partial charge in [-0.05, 0) is 69.8 Å². The van der Waals surface area contributed by atoms with Gasteiger partial charge < -0.3 is 19.9 Å². The molecule has 1 aliphatic heterocycles. The number of fused-ring (bicyclic) bond motifs is 1. The highest BCUT2D eigenvalue weighted by Crippen LogP contribution is 2.23. The lowest BCUT2D eigenvalue weighted by Gasteiger charge is -2.32. The number of likely N-dealkylation sites (N-methyl/N-ethyl adjacent to an activating group) is 1. The summed E-state index contributed by atoms with van der Waals surface area (Å²) in [7, 11) is 2.13. The van der Waals surface area contributed by atoms with Crippen molar-refractivity contribution < 1.29 is 9.53 Å². The highest BCUT2D eigenvalue weighted by Gasteiger charge is 2.17. The van der Waals surface area contributed by atoms with E-state index in [4.69, 9.17) is 14.7 Å². The van der Waals surface area contributed by atoms with Crippen LogP contribution in [0.3, 0.4) is 0 Å². The fourth-order valence-corrected chi connectivity index (χ4v) is 3.78. The van der Waals surface area contributed by atoms with Crippen LogP contribution in [0.1, 0.15) is 25.1 Å². The maximum atomic E-state index is 12.4. The minimum absolute atomic E-state index is 0.131. The number of benzene rings is 2. The average molecular weight is 446 g/mol. The number of ether oxygens (including phenoxy) is 1. The summed E-state index contributed by atoms with van der Waals surface area (Å²) in [5, 5.41) is 3.87. The van der Waals surface area contributed by atoms with Crippen LogP contribution >= 0.6 is 0 Å². The van der Waals surface area contributed by atoms with Gasteiger partial charge >= 0.3 is 0 Å². The number of hydrogen-bond acceptors (Lipinski definition) is 6. The zero-order valence-corrected chi connectivity index (χ0v) is 19.7. The number of carbonyl (C=O) groups excluding carboxylic acids is 1. The van der Waals surface area contributed by atoms with Gasteiger partial charge in [-0.15, -0.1) is 0 Å². The maximum absolute atomic E-state index is 12.4. The van der Waals surface area contributed by atoms with Gasteiger partial charge in [0, 0.05) is 43.3 Å². The van der Waals surface area contributed by atoms with Crippen LogP contribution in [0, 0.1) is 6.92 Å². The molecule has 3 aromatic rings. The molecule has 1 fully saturated rings. The van der Waals surface area contributed by atoms with Crippen molar-refractivity contribution >= 4 is 34.5 Å². The third-order valence-corrected chi connectivity index (χ3v) is 5.61. The molecule has 0 radical (unpaired) electrons. The van der Waals surface area contributed by atoms with E-state index in [2.05, 4.69) is 22.2 Å². The van der Waals surface area contributed by atoms with Crippen LogP contribution in [0.25, 0.3) is 17.0 Å². The van der Waals surface area contributed by atoms with E-state index in [1.54, 1.807) is 6.08 Å². The van der Waals surface area contributed by atoms with E-state index >= 15 is 0 Å². The Morgan fingerprint density at radius 2 is 1.79 bits per heavy atom. The van der Waals surface area contributed by atoms with Crippen molar-refractivity contribution in [3.05, 3.63) is 59.8 Å². The number of rotatable bonds is 6. The molecule has 7 heteroatoms. The SMILES string of the molecule is Cc1nc(N2CCN(C)CC2)nc2ccc(NC(=O)C=Cc3ccc(OC(C)C)cc3)cc12. The summed E-state index contributed by atoms with van der Waals surface area (Å²) >= 11 is 0. The van der Waals surface area contributed by atoms with E-state index in [0.717, 1.165) is 65.7 Å². The van der Waals surface area contributed by atoms with Gasteiger partial charge in [-0.2, -0.15) is 0 Å². The largest absolute Gasteiger partial charge is 0.491 e. The second-order valence-electron chi connectivity index (χ2n) is 8.69. The molecule has 33 heavy (non-hydrogen) atoms. The van der Waals surface area contributed by atoms with Crippen molar-refractivity contribution in [1.29, 1.82) is 0 Å². The van der Waals surface area contributed by atoms with Crippen LogP contribution in [-0.2, 0) is 4.79 Å². The molecular weight excluding hydrogens is 414 g/mol. The Morgan fingerprint density at radius 1 is 1.06 bits per heavy atom. The van der Waals surface area contributed by atoms with Gasteiger partial charge in [0.15, 0.2) is 0 Å². The summed E-state index contributed by atoms with van der Waals surface area (Å²) < 4.78 is 5.65. The number of amides is 1. The topological polar surface area (TPSA) is 70.6 Å². The summed E-state index contributed by atoms with van der Waals surface area (Å²) in [6.07, 6.45) is 3.45. The van der Waals surface area contributed by atoms with Gasteiger partial charge in [0.1, 0.15) is 5.75 Å². The lowest BCUT2D eigenvalue weighted by molar-refractivity contribution is -0.111. The predicted octanol–water partition coefficient (Wildman–Crippen LogP) is 4.13. The smallest absolute Gasteiger partial charge is 0.248 e.